The van der Waals surface area contributed by atoms with Crippen molar-refractivity contribution >= 4 is 5.97 Å². The molecule has 1 heterocycles. The second-order valence-corrected chi connectivity index (χ2v) is 6.16. The highest BCUT2D eigenvalue weighted by molar-refractivity contribution is 5.79. The minimum Gasteiger partial charge on any atom is -0.456 e. The molecule has 0 N–H and O–H groups in total. The second kappa shape index (κ2) is 3.46. The zero-order valence-electron chi connectivity index (χ0n) is 10.3. The first-order chi connectivity index (χ1) is 6.54. The van der Waals surface area contributed by atoms with Crippen LogP contribution in [0.4, 0.5) is 0 Å². The molecule has 0 radical (unpaired) electrons. The molecule has 0 bridgehead atoms. The Bertz CT molecular complexity index is 253. The van der Waals surface area contributed by atoms with Gasteiger partial charge in [-0.05, 0) is 26.2 Å². The Balaban J connectivity index is 2.60. The maximum Gasteiger partial charge on any atom is 0.373 e. The summed E-state index contributed by atoms with van der Waals surface area (Å²) in [5.74, 6) is -1.60. The van der Waals surface area contributed by atoms with E-state index in [9.17, 15) is 4.79 Å². The third-order valence-electron chi connectivity index (χ3n) is 1.76. The molecule has 1 fully saturated rings. The molecule has 15 heavy (non-hydrogen) atoms. The van der Waals surface area contributed by atoms with Crippen LogP contribution in [0.25, 0.3) is 0 Å². The molecule has 88 valence electrons. The van der Waals surface area contributed by atoms with Crippen LogP contribution in [0.3, 0.4) is 0 Å². The molecule has 0 amide bonds. The van der Waals surface area contributed by atoms with E-state index in [4.69, 9.17) is 14.5 Å². The maximum atomic E-state index is 11.7. The molecule has 0 aromatic heterocycles. The summed E-state index contributed by atoms with van der Waals surface area (Å²) < 4.78 is 5.22. The molecule has 0 atom stereocenters. The molecule has 0 unspecified atom stereocenters. The number of carbonyl (C=O) groups is 1. The molecule has 0 aliphatic carbocycles. The van der Waals surface area contributed by atoms with Crippen molar-refractivity contribution in [3.8, 4) is 0 Å². The summed E-state index contributed by atoms with van der Waals surface area (Å²) >= 11 is 0. The van der Waals surface area contributed by atoms with Gasteiger partial charge in [0.1, 0.15) is 5.60 Å². The van der Waals surface area contributed by atoms with Crippen LogP contribution < -0.4 is 0 Å². The highest BCUT2D eigenvalue weighted by atomic mass is 17.4. The summed E-state index contributed by atoms with van der Waals surface area (Å²) in [7, 11) is 0. The minimum absolute atomic E-state index is 0.0482. The van der Waals surface area contributed by atoms with E-state index in [-0.39, 0.29) is 5.41 Å². The number of esters is 1. The van der Waals surface area contributed by atoms with Crippen molar-refractivity contribution in [1.82, 2.24) is 0 Å². The average Bonchev–Trinajstić information content (AvgIpc) is 2.61. The van der Waals surface area contributed by atoms with Crippen LogP contribution in [0.2, 0.25) is 0 Å². The summed E-state index contributed by atoms with van der Waals surface area (Å²) in [6.07, 6.45) is 0.495. The lowest BCUT2D eigenvalue weighted by Crippen LogP contribution is -2.36. The van der Waals surface area contributed by atoms with E-state index in [1.165, 1.54) is 0 Å². The average molecular weight is 216 g/mol. The Morgan fingerprint density at radius 2 is 1.60 bits per heavy atom. The van der Waals surface area contributed by atoms with Crippen LogP contribution in [-0.2, 0) is 19.3 Å². The van der Waals surface area contributed by atoms with Gasteiger partial charge < -0.3 is 4.74 Å². The molecule has 1 rings (SSSR count). The van der Waals surface area contributed by atoms with Crippen molar-refractivity contribution < 1.29 is 19.3 Å². The van der Waals surface area contributed by atoms with Crippen LogP contribution in [0.15, 0.2) is 0 Å². The molecule has 1 aliphatic heterocycles. The fourth-order valence-corrected chi connectivity index (χ4v) is 1.30. The quantitative estimate of drug-likeness (QED) is 0.404. The molecular formula is C11H20O4. The van der Waals surface area contributed by atoms with Crippen molar-refractivity contribution in [3.63, 3.8) is 0 Å². The van der Waals surface area contributed by atoms with Crippen molar-refractivity contribution in [2.45, 2.75) is 59.4 Å². The van der Waals surface area contributed by atoms with Gasteiger partial charge in [0.05, 0.1) is 0 Å². The minimum atomic E-state index is -1.16. The predicted octanol–water partition coefficient (Wildman–Crippen LogP) is 2.42. The lowest BCUT2D eigenvalue weighted by molar-refractivity contribution is -0.164. The Morgan fingerprint density at radius 1 is 1.13 bits per heavy atom. The molecule has 1 aliphatic rings. The first kappa shape index (κ1) is 12.5. The van der Waals surface area contributed by atoms with Gasteiger partial charge in [0, 0.05) is 6.42 Å². The Labute approximate surface area is 90.8 Å². The van der Waals surface area contributed by atoms with Crippen LogP contribution in [0.1, 0.15) is 48.0 Å². The lowest BCUT2D eigenvalue weighted by atomic mass is 9.88. The van der Waals surface area contributed by atoms with E-state index in [1.54, 1.807) is 0 Å². The van der Waals surface area contributed by atoms with Gasteiger partial charge >= 0.3 is 11.8 Å². The fraction of sp³-hybridized carbons (Fsp3) is 0.909. The topological polar surface area (TPSA) is 51.4 Å². The fourth-order valence-electron chi connectivity index (χ4n) is 1.30. The van der Waals surface area contributed by atoms with E-state index >= 15 is 0 Å². The number of hydrogen-bond donors (Lipinski definition) is 0. The smallest absolute Gasteiger partial charge is 0.373 e. The lowest BCUT2D eigenvalue weighted by Gasteiger charge is -2.23. The number of ether oxygens (including phenoxy) is 1. The molecule has 0 aromatic rings. The van der Waals surface area contributed by atoms with Crippen LogP contribution >= 0.6 is 0 Å². The molecular weight excluding hydrogens is 196 g/mol. The number of rotatable bonds is 2. The van der Waals surface area contributed by atoms with Crippen molar-refractivity contribution in [2.75, 3.05) is 0 Å². The van der Waals surface area contributed by atoms with E-state index in [2.05, 4.69) is 0 Å². The molecule has 4 nitrogen and oxygen atoms in total. The second-order valence-electron chi connectivity index (χ2n) is 6.16. The third-order valence-corrected chi connectivity index (χ3v) is 1.76. The normalized spacial score (nSPS) is 19.9. The molecule has 0 saturated carbocycles. The van der Waals surface area contributed by atoms with Crippen molar-refractivity contribution in [2.24, 2.45) is 5.41 Å². The highest BCUT2D eigenvalue weighted by Gasteiger charge is 2.60. The SMILES string of the molecule is CC(C)(C)CC1(C(=O)OC(C)(C)C)OO1. The number of hydrogen-bond acceptors (Lipinski definition) is 4. The van der Waals surface area contributed by atoms with Gasteiger partial charge in [-0.3, -0.25) is 0 Å². The van der Waals surface area contributed by atoms with E-state index in [1.807, 2.05) is 41.5 Å². The Kier molecular flexibility index (Phi) is 2.87. The summed E-state index contributed by atoms with van der Waals surface area (Å²) in [5, 5.41) is 0. The summed E-state index contributed by atoms with van der Waals surface area (Å²) in [5.41, 5.74) is -0.565. The Hall–Kier alpha value is -0.610. The van der Waals surface area contributed by atoms with Crippen molar-refractivity contribution in [1.29, 1.82) is 0 Å². The zero-order valence-corrected chi connectivity index (χ0v) is 10.3. The molecule has 0 aromatic carbocycles. The summed E-state index contributed by atoms with van der Waals surface area (Å²) in [4.78, 5) is 21.4. The zero-order chi connectivity index (χ0) is 11.9. The van der Waals surface area contributed by atoms with E-state index in [0.717, 1.165) is 0 Å². The highest BCUT2D eigenvalue weighted by Crippen LogP contribution is 2.42. The van der Waals surface area contributed by atoms with Gasteiger partial charge in [-0.25, -0.2) is 4.79 Å². The third kappa shape index (κ3) is 3.80. The van der Waals surface area contributed by atoms with Gasteiger partial charge in [0.15, 0.2) is 0 Å². The number of carbonyl (C=O) groups excluding carboxylic acids is 1. The first-order valence-corrected chi connectivity index (χ1v) is 5.14. The largest absolute Gasteiger partial charge is 0.456 e. The van der Waals surface area contributed by atoms with Crippen LogP contribution in [0, 0.1) is 5.41 Å². The van der Waals surface area contributed by atoms with E-state index < -0.39 is 17.4 Å². The predicted molar refractivity (Wildman–Crippen MR) is 54.8 cm³/mol. The molecule has 4 heteroatoms. The van der Waals surface area contributed by atoms with Crippen LogP contribution in [0.5, 0.6) is 0 Å². The van der Waals surface area contributed by atoms with Crippen LogP contribution in [-0.4, -0.2) is 17.4 Å². The van der Waals surface area contributed by atoms with Gasteiger partial charge in [0.2, 0.25) is 0 Å². The Morgan fingerprint density at radius 3 is 1.87 bits per heavy atom. The van der Waals surface area contributed by atoms with Gasteiger partial charge in [0.25, 0.3) is 0 Å². The summed E-state index contributed by atoms with van der Waals surface area (Å²) in [6, 6.07) is 0. The monoisotopic (exact) mass is 216 g/mol. The first-order valence-electron chi connectivity index (χ1n) is 5.14. The molecule has 1 saturated heterocycles. The molecule has 0 spiro atoms. The van der Waals surface area contributed by atoms with E-state index in [0.29, 0.717) is 6.42 Å². The van der Waals surface area contributed by atoms with Gasteiger partial charge in [-0.15, -0.1) is 0 Å². The van der Waals surface area contributed by atoms with Crippen molar-refractivity contribution in [3.05, 3.63) is 0 Å². The van der Waals surface area contributed by atoms with Gasteiger partial charge in [-0.2, -0.15) is 9.78 Å². The maximum absolute atomic E-state index is 11.7. The summed E-state index contributed by atoms with van der Waals surface area (Å²) in [6.45, 7) is 11.5. The standard InChI is InChI=1S/C11H20O4/c1-9(2,3)7-11(14-15-11)8(12)13-10(4,5)6/h7H2,1-6H3. The van der Waals surface area contributed by atoms with Gasteiger partial charge in [-0.1, -0.05) is 20.8 Å².